The highest BCUT2D eigenvalue weighted by Gasteiger charge is 2.23. The van der Waals surface area contributed by atoms with E-state index in [9.17, 15) is 0 Å². The van der Waals surface area contributed by atoms with Crippen LogP contribution in [0.3, 0.4) is 0 Å². The fourth-order valence-electron chi connectivity index (χ4n) is 3.68. The number of hydrogen-bond acceptors (Lipinski definition) is 2. The zero-order valence-electron chi connectivity index (χ0n) is 13.6. The van der Waals surface area contributed by atoms with Crippen LogP contribution >= 0.6 is 0 Å². The van der Waals surface area contributed by atoms with Crippen molar-refractivity contribution >= 4 is 10.9 Å². The van der Waals surface area contributed by atoms with Crippen LogP contribution < -0.4 is 9.47 Å². The molecule has 0 spiro atoms. The van der Waals surface area contributed by atoms with Crippen molar-refractivity contribution in [3.05, 3.63) is 59.3 Å². The van der Waals surface area contributed by atoms with E-state index >= 15 is 0 Å². The molecule has 0 fully saturated rings. The Morgan fingerprint density at radius 2 is 1.70 bits per heavy atom. The monoisotopic (exact) mass is 307 g/mol. The number of H-pyrrole nitrogens is 1. The lowest BCUT2D eigenvalue weighted by Crippen LogP contribution is -2.12. The first-order chi connectivity index (χ1) is 11.3. The van der Waals surface area contributed by atoms with Gasteiger partial charge in [0.2, 0.25) is 0 Å². The molecule has 1 heterocycles. The van der Waals surface area contributed by atoms with E-state index in [1.165, 1.54) is 34.1 Å². The number of nitrogens with one attached hydrogen (secondary N) is 1. The van der Waals surface area contributed by atoms with Crippen LogP contribution in [-0.4, -0.2) is 19.2 Å². The van der Waals surface area contributed by atoms with Crippen LogP contribution in [0.4, 0.5) is 0 Å². The van der Waals surface area contributed by atoms with Crippen molar-refractivity contribution in [3.63, 3.8) is 0 Å². The number of rotatable bonds is 3. The van der Waals surface area contributed by atoms with Crippen molar-refractivity contribution in [1.82, 2.24) is 4.98 Å². The van der Waals surface area contributed by atoms with Crippen LogP contribution in [0.2, 0.25) is 0 Å². The predicted octanol–water partition coefficient (Wildman–Crippen LogP) is 4.46. The van der Waals surface area contributed by atoms with Gasteiger partial charge in [-0.2, -0.15) is 0 Å². The molecule has 1 N–H and O–H groups in total. The Labute approximate surface area is 136 Å². The lowest BCUT2D eigenvalue weighted by atomic mass is 9.82. The molecule has 1 unspecified atom stereocenters. The number of methoxy groups -OCH3 is 2. The van der Waals surface area contributed by atoms with Crippen LogP contribution in [0.5, 0.6) is 11.5 Å². The smallest absolute Gasteiger partial charge is 0.119 e. The molecule has 1 aliphatic rings. The number of benzene rings is 2. The molecule has 0 saturated heterocycles. The van der Waals surface area contributed by atoms with Gasteiger partial charge in [0, 0.05) is 16.6 Å². The molecule has 2 aromatic carbocycles. The molecule has 0 bridgehead atoms. The maximum Gasteiger partial charge on any atom is 0.119 e. The molecule has 4 rings (SSSR count). The third-order valence-corrected chi connectivity index (χ3v) is 4.98. The second-order valence-electron chi connectivity index (χ2n) is 6.21. The van der Waals surface area contributed by atoms with Gasteiger partial charge >= 0.3 is 0 Å². The van der Waals surface area contributed by atoms with Gasteiger partial charge in [0.15, 0.2) is 0 Å². The standard InChI is InChI=1S/C20H21NO2/c1-22-15-6-3-13(4-7-15)14-5-9-19-17(11-14)18-12-16(23-2)8-10-20(18)21-19/h3-4,6-8,10,12,14,21H,5,9,11H2,1-2H3. The summed E-state index contributed by atoms with van der Waals surface area (Å²) in [5.41, 5.74) is 5.45. The topological polar surface area (TPSA) is 34.2 Å². The number of aromatic amines is 1. The number of aromatic nitrogens is 1. The van der Waals surface area contributed by atoms with Crippen molar-refractivity contribution in [2.24, 2.45) is 0 Å². The summed E-state index contributed by atoms with van der Waals surface area (Å²) in [5, 5.41) is 1.30. The van der Waals surface area contributed by atoms with E-state index in [4.69, 9.17) is 9.47 Å². The first-order valence-electron chi connectivity index (χ1n) is 8.10. The molecule has 3 heteroatoms. The molecular weight excluding hydrogens is 286 g/mol. The van der Waals surface area contributed by atoms with Gasteiger partial charge in [-0.1, -0.05) is 12.1 Å². The van der Waals surface area contributed by atoms with Crippen LogP contribution in [0.15, 0.2) is 42.5 Å². The summed E-state index contributed by atoms with van der Waals surface area (Å²) in [6, 6.07) is 14.8. The Balaban J connectivity index is 1.69. The van der Waals surface area contributed by atoms with Crippen molar-refractivity contribution in [1.29, 1.82) is 0 Å². The normalized spacial score (nSPS) is 17.0. The molecule has 0 amide bonds. The molecule has 3 aromatic rings. The van der Waals surface area contributed by atoms with Crippen molar-refractivity contribution in [2.45, 2.75) is 25.2 Å². The second kappa shape index (κ2) is 5.65. The van der Waals surface area contributed by atoms with Gasteiger partial charge in [0.05, 0.1) is 14.2 Å². The largest absolute Gasteiger partial charge is 0.497 e. The third-order valence-electron chi connectivity index (χ3n) is 4.98. The quantitative estimate of drug-likeness (QED) is 0.775. The van der Waals surface area contributed by atoms with Crippen molar-refractivity contribution < 1.29 is 9.47 Å². The summed E-state index contributed by atoms with van der Waals surface area (Å²) in [6.45, 7) is 0. The molecule has 1 aromatic heterocycles. The van der Waals surface area contributed by atoms with Crippen molar-refractivity contribution in [3.8, 4) is 11.5 Å². The Hall–Kier alpha value is -2.42. The summed E-state index contributed by atoms with van der Waals surface area (Å²) in [7, 11) is 3.43. The third kappa shape index (κ3) is 2.46. The minimum Gasteiger partial charge on any atom is -0.497 e. The zero-order chi connectivity index (χ0) is 15.8. The minimum absolute atomic E-state index is 0.568. The summed E-state index contributed by atoms with van der Waals surface area (Å²) >= 11 is 0. The second-order valence-corrected chi connectivity index (χ2v) is 6.21. The molecule has 3 nitrogen and oxygen atoms in total. The SMILES string of the molecule is COc1ccc(C2CCc3[nH]c4ccc(OC)cc4c3C2)cc1. The van der Waals surface area contributed by atoms with Crippen LogP contribution in [0, 0.1) is 0 Å². The molecule has 23 heavy (non-hydrogen) atoms. The van der Waals surface area contributed by atoms with E-state index in [0.717, 1.165) is 24.3 Å². The molecule has 118 valence electrons. The van der Waals surface area contributed by atoms with Crippen LogP contribution in [0.25, 0.3) is 10.9 Å². The van der Waals surface area contributed by atoms with E-state index in [2.05, 4.69) is 41.4 Å². The number of ether oxygens (including phenoxy) is 2. The summed E-state index contributed by atoms with van der Waals surface area (Å²) in [4.78, 5) is 3.58. The fraction of sp³-hybridized carbons (Fsp3) is 0.300. The number of fused-ring (bicyclic) bond motifs is 3. The first kappa shape index (κ1) is 14.2. The van der Waals surface area contributed by atoms with Gasteiger partial charge in [-0.25, -0.2) is 0 Å². The van der Waals surface area contributed by atoms with Crippen LogP contribution in [-0.2, 0) is 12.8 Å². The Bertz CT molecular complexity index is 833. The highest BCUT2D eigenvalue weighted by molar-refractivity contribution is 5.86. The van der Waals surface area contributed by atoms with E-state index in [1.807, 2.05) is 6.07 Å². The molecular formula is C20H21NO2. The minimum atomic E-state index is 0.568. The highest BCUT2D eigenvalue weighted by atomic mass is 16.5. The number of hydrogen-bond donors (Lipinski definition) is 1. The molecule has 0 saturated carbocycles. The van der Waals surface area contributed by atoms with E-state index in [0.29, 0.717) is 5.92 Å². The average Bonchev–Trinajstić information content (AvgIpc) is 2.98. The maximum atomic E-state index is 5.39. The maximum absolute atomic E-state index is 5.39. The Kier molecular flexibility index (Phi) is 3.49. The van der Waals surface area contributed by atoms with E-state index in [1.54, 1.807) is 14.2 Å². The Morgan fingerprint density at radius 3 is 2.43 bits per heavy atom. The van der Waals surface area contributed by atoms with E-state index in [-0.39, 0.29) is 0 Å². The lowest BCUT2D eigenvalue weighted by Gasteiger charge is -2.23. The molecule has 1 aliphatic carbocycles. The predicted molar refractivity (Wildman–Crippen MR) is 92.6 cm³/mol. The number of aryl methyl sites for hydroxylation is 1. The molecule has 0 aliphatic heterocycles. The van der Waals surface area contributed by atoms with Crippen LogP contribution in [0.1, 0.15) is 29.2 Å². The summed E-state index contributed by atoms with van der Waals surface area (Å²) in [5.74, 6) is 2.41. The summed E-state index contributed by atoms with van der Waals surface area (Å²) < 4.78 is 10.7. The summed E-state index contributed by atoms with van der Waals surface area (Å²) in [6.07, 6.45) is 3.36. The first-order valence-corrected chi connectivity index (χ1v) is 8.10. The lowest BCUT2D eigenvalue weighted by molar-refractivity contribution is 0.414. The zero-order valence-corrected chi connectivity index (χ0v) is 13.6. The van der Waals surface area contributed by atoms with Gasteiger partial charge < -0.3 is 14.5 Å². The molecule has 0 radical (unpaired) electrons. The van der Waals surface area contributed by atoms with Gasteiger partial charge in [0.25, 0.3) is 0 Å². The fourth-order valence-corrected chi connectivity index (χ4v) is 3.68. The van der Waals surface area contributed by atoms with Gasteiger partial charge in [-0.15, -0.1) is 0 Å². The average molecular weight is 307 g/mol. The van der Waals surface area contributed by atoms with Gasteiger partial charge in [-0.3, -0.25) is 0 Å². The van der Waals surface area contributed by atoms with Gasteiger partial charge in [0.1, 0.15) is 11.5 Å². The van der Waals surface area contributed by atoms with Gasteiger partial charge in [-0.05, 0) is 66.6 Å². The van der Waals surface area contributed by atoms with Crippen molar-refractivity contribution in [2.75, 3.05) is 14.2 Å². The highest BCUT2D eigenvalue weighted by Crippen LogP contribution is 2.37. The Morgan fingerprint density at radius 1 is 0.957 bits per heavy atom. The van der Waals surface area contributed by atoms with E-state index < -0.39 is 0 Å². The molecule has 1 atom stereocenters.